The van der Waals surface area contributed by atoms with E-state index in [1.54, 1.807) is 0 Å². The van der Waals surface area contributed by atoms with Crippen LogP contribution in [0.15, 0.2) is 85.2 Å². The van der Waals surface area contributed by atoms with Gasteiger partial charge >= 0.3 is 0 Å². The minimum atomic E-state index is 0.428. The smallest absolute Gasteiger partial charge is 0.173 e. The maximum absolute atomic E-state index is 2.26. The van der Waals surface area contributed by atoms with E-state index < -0.39 is 0 Å². The second-order valence-electron chi connectivity index (χ2n) is 5.42. The first kappa shape index (κ1) is 13.6. The molecular formula is C20H20N+. The van der Waals surface area contributed by atoms with E-state index in [9.17, 15) is 0 Å². The molecule has 0 bridgehead atoms. The van der Waals surface area contributed by atoms with E-state index >= 15 is 0 Å². The van der Waals surface area contributed by atoms with Gasteiger partial charge < -0.3 is 0 Å². The Balaban J connectivity index is 1.75. The number of hydrogen-bond donors (Lipinski definition) is 0. The van der Waals surface area contributed by atoms with Crippen LogP contribution in [0.3, 0.4) is 0 Å². The fraction of sp³-hybridized carbons (Fsp3) is 0.150. The summed E-state index contributed by atoms with van der Waals surface area (Å²) in [4.78, 5) is 0. The summed E-state index contributed by atoms with van der Waals surface area (Å²) < 4.78 is 2.22. The summed E-state index contributed by atoms with van der Waals surface area (Å²) in [5, 5.41) is 0. The molecule has 1 unspecified atom stereocenters. The fourth-order valence-electron chi connectivity index (χ4n) is 2.59. The minimum absolute atomic E-state index is 0.428. The zero-order chi connectivity index (χ0) is 14.5. The average molecular weight is 274 g/mol. The monoisotopic (exact) mass is 274 g/mol. The van der Waals surface area contributed by atoms with Crippen molar-refractivity contribution >= 4 is 0 Å². The molecular weight excluding hydrogens is 254 g/mol. The van der Waals surface area contributed by atoms with Gasteiger partial charge in [-0.1, -0.05) is 67.6 Å². The van der Waals surface area contributed by atoms with Gasteiger partial charge in [0.25, 0.3) is 0 Å². The van der Waals surface area contributed by atoms with Crippen molar-refractivity contribution in [3.63, 3.8) is 0 Å². The lowest BCUT2D eigenvalue weighted by Gasteiger charge is -2.11. The average Bonchev–Trinajstić information content (AvgIpc) is 2.57. The van der Waals surface area contributed by atoms with E-state index in [4.69, 9.17) is 0 Å². The third kappa shape index (κ3) is 3.38. The molecule has 0 fully saturated rings. The van der Waals surface area contributed by atoms with Gasteiger partial charge in [-0.3, -0.25) is 0 Å². The SMILES string of the molecule is CC(c1ccccc1)c1cc[n+](Cc2ccccc2)cc1. The fourth-order valence-corrected chi connectivity index (χ4v) is 2.59. The Labute approximate surface area is 126 Å². The van der Waals surface area contributed by atoms with E-state index in [1.165, 1.54) is 16.7 Å². The number of pyridine rings is 1. The summed E-state index contributed by atoms with van der Waals surface area (Å²) in [5.41, 5.74) is 4.04. The molecule has 2 aromatic carbocycles. The summed E-state index contributed by atoms with van der Waals surface area (Å²) in [6.45, 7) is 3.17. The standard InChI is InChI=1S/C20H20N/c1-17(19-10-6-3-7-11-19)20-12-14-21(15-13-20)16-18-8-4-2-5-9-18/h2-15,17H,16H2,1H3/q+1. The molecule has 3 aromatic rings. The molecule has 3 rings (SSSR count). The molecule has 21 heavy (non-hydrogen) atoms. The van der Waals surface area contributed by atoms with Gasteiger partial charge in [0.15, 0.2) is 18.9 Å². The van der Waals surface area contributed by atoms with E-state index in [0.29, 0.717) is 5.92 Å². The molecule has 0 aliphatic rings. The Bertz CT molecular complexity index is 672. The first-order valence-electron chi connectivity index (χ1n) is 7.41. The lowest BCUT2D eigenvalue weighted by Crippen LogP contribution is -2.33. The summed E-state index contributed by atoms with van der Waals surface area (Å²) >= 11 is 0. The molecule has 0 aliphatic heterocycles. The number of hydrogen-bond acceptors (Lipinski definition) is 0. The molecule has 1 heterocycles. The van der Waals surface area contributed by atoms with E-state index in [2.05, 4.69) is 96.7 Å². The zero-order valence-corrected chi connectivity index (χ0v) is 12.3. The number of rotatable bonds is 4. The van der Waals surface area contributed by atoms with Gasteiger partial charge in [-0.2, -0.15) is 0 Å². The Morgan fingerprint density at radius 2 is 1.24 bits per heavy atom. The first-order valence-corrected chi connectivity index (χ1v) is 7.41. The highest BCUT2D eigenvalue weighted by molar-refractivity contribution is 5.29. The van der Waals surface area contributed by atoms with Gasteiger partial charge in [-0.25, -0.2) is 4.57 Å². The molecule has 0 spiro atoms. The number of aromatic nitrogens is 1. The summed E-state index contributed by atoms with van der Waals surface area (Å²) in [7, 11) is 0. The highest BCUT2D eigenvalue weighted by Crippen LogP contribution is 2.22. The van der Waals surface area contributed by atoms with Crippen molar-refractivity contribution in [2.45, 2.75) is 19.4 Å². The molecule has 0 saturated heterocycles. The predicted octanol–water partition coefficient (Wildman–Crippen LogP) is 4.17. The van der Waals surface area contributed by atoms with Crippen molar-refractivity contribution in [2.75, 3.05) is 0 Å². The van der Waals surface area contributed by atoms with Crippen LogP contribution in [0.25, 0.3) is 0 Å². The minimum Gasteiger partial charge on any atom is -0.201 e. The molecule has 0 saturated carbocycles. The molecule has 0 N–H and O–H groups in total. The van der Waals surface area contributed by atoms with E-state index in [0.717, 1.165) is 6.54 Å². The van der Waals surface area contributed by atoms with Crippen LogP contribution >= 0.6 is 0 Å². The maximum Gasteiger partial charge on any atom is 0.173 e. The largest absolute Gasteiger partial charge is 0.201 e. The molecule has 1 aromatic heterocycles. The quantitative estimate of drug-likeness (QED) is 0.629. The second kappa shape index (κ2) is 6.36. The Morgan fingerprint density at radius 3 is 1.86 bits per heavy atom. The Morgan fingerprint density at radius 1 is 0.714 bits per heavy atom. The normalized spacial score (nSPS) is 12.0. The van der Waals surface area contributed by atoms with Crippen LogP contribution in [0.2, 0.25) is 0 Å². The van der Waals surface area contributed by atoms with Crippen molar-refractivity contribution in [1.82, 2.24) is 0 Å². The van der Waals surface area contributed by atoms with Gasteiger partial charge in [0, 0.05) is 23.6 Å². The summed E-state index contributed by atoms with van der Waals surface area (Å²) in [5.74, 6) is 0.428. The third-order valence-electron chi connectivity index (χ3n) is 3.92. The van der Waals surface area contributed by atoms with E-state index in [-0.39, 0.29) is 0 Å². The molecule has 0 amide bonds. The second-order valence-corrected chi connectivity index (χ2v) is 5.42. The van der Waals surface area contributed by atoms with Crippen LogP contribution in [0.4, 0.5) is 0 Å². The first-order chi connectivity index (χ1) is 10.3. The van der Waals surface area contributed by atoms with Gasteiger partial charge in [0.1, 0.15) is 0 Å². The topological polar surface area (TPSA) is 3.88 Å². The van der Waals surface area contributed by atoms with Crippen molar-refractivity contribution in [2.24, 2.45) is 0 Å². The van der Waals surface area contributed by atoms with Crippen molar-refractivity contribution < 1.29 is 4.57 Å². The lowest BCUT2D eigenvalue weighted by molar-refractivity contribution is -0.688. The van der Waals surface area contributed by atoms with Crippen molar-refractivity contribution in [1.29, 1.82) is 0 Å². The third-order valence-corrected chi connectivity index (χ3v) is 3.92. The maximum atomic E-state index is 2.26. The molecule has 1 heteroatoms. The van der Waals surface area contributed by atoms with Crippen LogP contribution in [0, 0.1) is 0 Å². The van der Waals surface area contributed by atoms with Crippen molar-refractivity contribution in [3.05, 3.63) is 102 Å². The highest BCUT2D eigenvalue weighted by Gasteiger charge is 2.10. The summed E-state index contributed by atoms with van der Waals surface area (Å²) in [6.07, 6.45) is 4.34. The molecule has 1 nitrogen and oxygen atoms in total. The Kier molecular flexibility index (Phi) is 4.11. The molecule has 104 valence electrons. The van der Waals surface area contributed by atoms with Crippen LogP contribution in [-0.4, -0.2) is 0 Å². The molecule has 1 atom stereocenters. The van der Waals surface area contributed by atoms with Gasteiger partial charge in [0.05, 0.1) is 0 Å². The lowest BCUT2D eigenvalue weighted by atomic mass is 9.94. The summed E-state index contributed by atoms with van der Waals surface area (Å²) in [6, 6.07) is 25.6. The molecule has 0 radical (unpaired) electrons. The predicted molar refractivity (Wildman–Crippen MR) is 86.1 cm³/mol. The van der Waals surface area contributed by atoms with E-state index in [1.807, 2.05) is 0 Å². The van der Waals surface area contributed by atoms with Crippen LogP contribution in [-0.2, 0) is 6.54 Å². The molecule has 0 aliphatic carbocycles. The van der Waals surface area contributed by atoms with Gasteiger partial charge in [0.2, 0.25) is 0 Å². The van der Waals surface area contributed by atoms with Crippen LogP contribution in [0.5, 0.6) is 0 Å². The number of nitrogens with zero attached hydrogens (tertiary/aromatic N) is 1. The Hall–Kier alpha value is -2.41. The van der Waals surface area contributed by atoms with Gasteiger partial charge in [-0.05, 0) is 11.1 Å². The number of benzene rings is 2. The van der Waals surface area contributed by atoms with Crippen LogP contribution < -0.4 is 4.57 Å². The van der Waals surface area contributed by atoms with Gasteiger partial charge in [-0.15, -0.1) is 0 Å². The zero-order valence-electron chi connectivity index (χ0n) is 12.3. The van der Waals surface area contributed by atoms with Crippen LogP contribution in [0.1, 0.15) is 29.5 Å². The van der Waals surface area contributed by atoms with Crippen molar-refractivity contribution in [3.8, 4) is 0 Å². The highest BCUT2D eigenvalue weighted by atomic mass is 14.9.